The highest BCUT2D eigenvalue weighted by atomic mass is 35.5. The molecule has 14 heteroatoms. The number of rotatable bonds is 10. The number of halogens is 4. The maximum atomic E-state index is 12.6. The Hall–Kier alpha value is -2.87. The minimum absolute atomic E-state index is 0.193. The second-order valence-corrected chi connectivity index (χ2v) is 11.4. The van der Waals surface area contributed by atoms with Crippen molar-refractivity contribution in [3.8, 4) is 0 Å². The number of hydrogen-bond acceptors (Lipinski definition) is 7. The van der Waals surface area contributed by atoms with Crippen molar-refractivity contribution in [3.05, 3.63) is 64.7 Å². The van der Waals surface area contributed by atoms with Crippen LogP contribution in [0.3, 0.4) is 0 Å². The molecule has 0 bridgehead atoms. The normalized spacial score (nSPS) is 15.3. The van der Waals surface area contributed by atoms with E-state index in [1.54, 1.807) is 16.9 Å². The van der Waals surface area contributed by atoms with E-state index in [9.17, 15) is 21.6 Å². The summed E-state index contributed by atoms with van der Waals surface area (Å²) in [5, 5.41) is 7.43. The molecule has 1 fully saturated rings. The number of anilines is 2. The average Bonchev–Trinajstić information content (AvgIpc) is 3.32. The van der Waals surface area contributed by atoms with Crippen LogP contribution in [0.15, 0.2) is 53.4 Å². The molecule has 0 atom stereocenters. The molecule has 2 heterocycles. The predicted molar refractivity (Wildman–Crippen MR) is 139 cm³/mol. The number of nitrogens with one attached hydrogen (secondary N) is 2. The predicted octanol–water partition coefficient (Wildman–Crippen LogP) is 3.59. The van der Waals surface area contributed by atoms with Crippen LogP contribution in [0.25, 0.3) is 0 Å². The Morgan fingerprint density at radius 3 is 2.47 bits per heavy atom. The molecule has 38 heavy (non-hydrogen) atoms. The molecule has 0 radical (unpaired) electrons. The highest BCUT2D eigenvalue weighted by Crippen LogP contribution is 2.24. The molecule has 206 valence electrons. The van der Waals surface area contributed by atoms with Crippen molar-refractivity contribution in [3.63, 3.8) is 0 Å². The fraction of sp³-hybridized carbons (Fsp3) is 0.417. The third kappa shape index (κ3) is 7.82. The van der Waals surface area contributed by atoms with E-state index in [1.165, 1.54) is 12.1 Å². The first kappa shape index (κ1) is 28.1. The number of H-pyrrole nitrogens is 1. The topological polar surface area (TPSA) is 120 Å². The van der Waals surface area contributed by atoms with Crippen LogP contribution in [0.2, 0.25) is 5.02 Å². The van der Waals surface area contributed by atoms with Crippen molar-refractivity contribution >= 4 is 33.5 Å². The van der Waals surface area contributed by atoms with E-state index < -0.39 is 22.7 Å². The van der Waals surface area contributed by atoms with Crippen molar-refractivity contribution < 1.29 is 21.6 Å². The minimum Gasteiger partial charge on any atom is -0.368 e. The van der Waals surface area contributed by atoms with Crippen molar-refractivity contribution in [2.24, 2.45) is 0 Å². The molecular weight excluding hydrogens is 543 g/mol. The summed E-state index contributed by atoms with van der Waals surface area (Å²) in [6.07, 6.45) is -2.25. The average molecular weight is 572 g/mol. The zero-order valence-electron chi connectivity index (χ0n) is 20.5. The maximum absolute atomic E-state index is 12.6. The molecule has 0 saturated carbocycles. The largest absolute Gasteiger partial charge is 0.402 e. The lowest BCUT2D eigenvalue weighted by Crippen LogP contribution is -2.45. The van der Waals surface area contributed by atoms with Gasteiger partial charge < -0.3 is 10.6 Å². The fourth-order valence-corrected chi connectivity index (χ4v) is 5.67. The molecule has 0 spiro atoms. The molecule has 4 rings (SSSR count). The first-order chi connectivity index (χ1) is 18.0. The van der Waals surface area contributed by atoms with Crippen molar-refractivity contribution in [2.45, 2.75) is 42.9 Å². The first-order valence-corrected chi connectivity index (χ1v) is 13.9. The fourth-order valence-electron chi connectivity index (χ4n) is 4.46. The van der Waals surface area contributed by atoms with E-state index in [-0.39, 0.29) is 16.9 Å². The Bertz CT molecular complexity index is 1310. The van der Waals surface area contributed by atoms with E-state index >= 15 is 0 Å². The number of benzene rings is 2. The van der Waals surface area contributed by atoms with E-state index in [1.807, 2.05) is 24.3 Å². The van der Waals surface area contributed by atoms with Gasteiger partial charge in [-0.15, -0.1) is 5.10 Å². The highest BCUT2D eigenvalue weighted by Gasteiger charge is 2.30. The van der Waals surface area contributed by atoms with Gasteiger partial charge in [-0.3, -0.25) is 4.90 Å². The first-order valence-electron chi connectivity index (χ1n) is 12.1. The Balaban J connectivity index is 1.48. The molecule has 4 N–H and O–H groups in total. The molecular formula is C24H29ClF3N7O2S. The second kappa shape index (κ2) is 11.9. The standard InChI is InChI=1S/C24H29ClF3N7O2S/c25-19-6-4-17(5-7-19)8-11-35(20-9-12-34(13-10-20)23-31-22(29)32-33-23)15-18-2-1-3-21(14-18)38(36,37)30-16-24(26,27)28/h1-7,14,20,30H,8-13,15-16H2,(H3,29,31,32,33). The van der Waals surface area contributed by atoms with Crippen LogP contribution < -0.4 is 15.4 Å². The number of sulfonamides is 1. The number of nitrogens with zero attached hydrogens (tertiary/aromatic N) is 4. The number of nitrogen functional groups attached to an aromatic ring is 1. The Kier molecular flexibility index (Phi) is 8.81. The molecule has 0 amide bonds. The van der Waals surface area contributed by atoms with Crippen LogP contribution in [-0.4, -0.2) is 66.9 Å². The van der Waals surface area contributed by atoms with Crippen molar-refractivity contribution in [2.75, 3.05) is 36.8 Å². The second-order valence-electron chi connectivity index (χ2n) is 9.17. The lowest BCUT2D eigenvalue weighted by molar-refractivity contribution is -0.121. The summed E-state index contributed by atoms with van der Waals surface area (Å²) in [6, 6.07) is 13.9. The van der Waals surface area contributed by atoms with Gasteiger partial charge >= 0.3 is 6.18 Å². The lowest BCUT2D eigenvalue weighted by Gasteiger charge is -2.38. The minimum atomic E-state index is -4.64. The summed E-state index contributed by atoms with van der Waals surface area (Å²) in [6.45, 7) is 0.948. The smallest absolute Gasteiger partial charge is 0.368 e. The van der Waals surface area contributed by atoms with Gasteiger partial charge in [-0.2, -0.15) is 18.2 Å². The van der Waals surface area contributed by atoms with Gasteiger partial charge in [0.1, 0.15) is 6.54 Å². The van der Waals surface area contributed by atoms with Gasteiger partial charge in [0.05, 0.1) is 4.90 Å². The molecule has 1 aliphatic heterocycles. The molecule has 1 aliphatic rings. The number of alkyl halides is 3. The van der Waals surface area contributed by atoms with E-state index in [4.69, 9.17) is 17.3 Å². The number of piperidine rings is 1. The Morgan fingerprint density at radius 2 is 1.84 bits per heavy atom. The number of aromatic nitrogens is 3. The van der Waals surface area contributed by atoms with E-state index in [0.29, 0.717) is 29.6 Å². The lowest BCUT2D eigenvalue weighted by atomic mass is 10.0. The summed E-state index contributed by atoms with van der Waals surface area (Å²) in [4.78, 5) is 8.34. The Labute approximate surface area is 224 Å². The SMILES string of the molecule is Nc1nc(N2CCC(N(CCc3ccc(Cl)cc3)Cc3cccc(S(=O)(=O)NCC(F)(F)F)c3)CC2)n[nH]1. The van der Waals surface area contributed by atoms with Gasteiger partial charge in [0.15, 0.2) is 0 Å². The molecule has 9 nitrogen and oxygen atoms in total. The molecule has 3 aromatic rings. The van der Waals surface area contributed by atoms with Crippen LogP contribution in [0.5, 0.6) is 0 Å². The summed E-state index contributed by atoms with van der Waals surface area (Å²) in [5.41, 5.74) is 7.46. The van der Waals surface area contributed by atoms with Gasteiger partial charge in [-0.05, 0) is 54.7 Å². The third-order valence-electron chi connectivity index (χ3n) is 6.41. The van der Waals surface area contributed by atoms with E-state index in [0.717, 1.165) is 37.9 Å². The van der Waals surface area contributed by atoms with Gasteiger partial charge in [0.2, 0.25) is 21.9 Å². The summed E-state index contributed by atoms with van der Waals surface area (Å²) in [5.74, 6) is 0.809. The highest BCUT2D eigenvalue weighted by molar-refractivity contribution is 7.89. The summed E-state index contributed by atoms with van der Waals surface area (Å²) in [7, 11) is -4.31. The number of aromatic amines is 1. The molecule has 0 unspecified atom stereocenters. The van der Waals surface area contributed by atoms with Crippen LogP contribution >= 0.6 is 11.6 Å². The van der Waals surface area contributed by atoms with Gasteiger partial charge in [0, 0.05) is 37.2 Å². The van der Waals surface area contributed by atoms with Gasteiger partial charge in [-0.1, -0.05) is 35.9 Å². The van der Waals surface area contributed by atoms with Gasteiger partial charge in [-0.25, -0.2) is 18.2 Å². The summed E-state index contributed by atoms with van der Waals surface area (Å²) < 4.78 is 64.3. The Morgan fingerprint density at radius 1 is 1.13 bits per heavy atom. The van der Waals surface area contributed by atoms with Crippen LogP contribution in [0.4, 0.5) is 25.1 Å². The molecule has 1 aromatic heterocycles. The van der Waals surface area contributed by atoms with Gasteiger partial charge in [0.25, 0.3) is 0 Å². The molecule has 2 aromatic carbocycles. The zero-order chi connectivity index (χ0) is 27.3. The third-order valence-corrected chi connectivity index (χ3v) is 8.06. The van der Waals surface area contributed by atoms with Crippen LogP contribution in [0, 0.1) is 0 Å². The monoisotopic (exact) mass is 571 g/mol. The molecule has 0 aliphatic carbocycles. The number of hydrogen-bond donors (Lipinski definition) is 3. The van der Waals surface area contributed by atoms with Crippen LogP contribution in [0.1, 0.15) is 24.0 Å². The van der Waals surface area contributed by atoms with E-state index in [2.05, 4.69) is 25.0 Å². The zero-order valence-corrected chi connectivity index (χ0v) is 22.0. The summed E-state index contributed by atoms with van der Waals surface area (Å²) >= 11 is 6.02. The molecule has 1 saturated heterocycles. The quantitative estimate of drug-likeness (QED) is 0.340. The van der Waals surface area contributed by atoms with Crippen molar-refractivity contribution in [1.82, 2.24) is 24.8 Å². The number of nitrogens with two attached hydrogens (primary N) is 1. The maximum Gasteiger partial charge on any atom is 0.402 e. The van der Waals surface area contributed by atoms with Crippen molar-refractivity contribution in [1.29, 1.82) is 0 Å². The van der Waals surface area contributed by atoms with Crippen LogP contribution in [-0.2, 0) is 23.0 Å².